The molecule has 2 heterocycles. The molecule has 4 rings (SSSR count). The van der Waals surface area contributed by atoms with Gasteiger partial charge in [0.05, 0.1) is 30.4 Å². The van der Waals surface area contributed by atoms with Crippen LogP contribution in [0.2, 0.25) is 0 Å². The third-order valence-electron chi connectivity index (χ3n) is 4.69. The number of aromatic nitrogens is 1. The summed E-state index contributed by atoms with van der Waals surface area (Å²) in [5.74, 6) is 1.04. The topological polar surface area (TPSA) is 91.4 Å². The first-order chi connectivity index (χ1) is 11.7. The Kier molecular flexibility index (Phi) is 3.35. The van der Waals surface area contributed by atoms with Gasteiger partial charge in [0.2, 0.25) is 5.89 Å². The highest BCUT2D eigenvalue weighted by Gasteiger charge is 2.32. The first-order valence-electron chi connectivity index (χ1n) is 7.90. The number of aliphatic imine (C=N–C) groups is 1. The molecule has 0 fully saturated rings. The lowest BCUT2D eigenvalue weighted by Gasteiger charge is -2.35. The molecule has 2 aromatic rings. The van der Waals surface area contributed by atoms with E-state index in [1.807, 2.05) is 19.1 Å². The average Bonchev–Trinajstić information content (AvgIpc) is 3.25. The second-order valence-electron chi connectivity index (χ2n) is 6.08. The summed E-state index contributed by atoms with van der Waals surface area (Å²) in [5.41, 5.74) is 11.0. The fourth-order valence-electron chi connectivity index (χ4n) is 3.56. The number of aryl methyl sites for hydroxylation is 1. The molecule has 0 saturated heterocycles. The van der Waals surface area contributed by atoms with Gasteiger partial charge in [0, 0.05) is 5.70 Å². The monoisotopic (exact) mass is 319 g/mol. The van der Waals surface area contributed by atoms with Crippen molar-refractivity contribution in [1.82, 2.24) is 9.88 Å². The third kappa shape index (κ3) is 2.26. The van der Waals surface area contributed by atoms with Crippen LogP contribution in [0.3, 0.4) is 0 Å². The molecule has 0 spiro atoms. The van der Waals surface area contributed by atoms with Crippen molar-refractivity contribution in [2.45, 2.75) is 25.8 Å². The maximum Gasteiger partial charge on any atom is 0.246 e. The van der Waals surface area contributed by atoms with E-state index < -0.39 is 0 Å². The van der Waals surface area contributed by atoms with Crippen molar-refractivity contribution in [3.8, 4) is 6.07 Å². The molecule has 0 saturated carbocycles. The Morgan fingerprint density at radius 3 is 3.04 bits per heavy atom. The van der Waals surface area contributed by atoms with Crippen molar-refractivity contribution in [2.75, 3.05) is 6.54 Å². The molecular formula is C18H17N5O. The van der Waals surface area contributed by atoms with Gasteiger partial charge in [0.25, 0.3) is 0 Å². The number of rotatable bonds is 2. The van der Waals surface area contributed by atoms with Crippen LogP contribution in [0.1, 0.15) is 42.0 Å². The van der Waals surface area contributed by atoms with Crippen LogP contribution in [0, 0.1) is 11.3 Å². The maximum atomic E-state index is 9.08. The summed E-state index contributed by atoms with van der Waals surface area (Å²) in [6.07, 6.45) is 5.10. The number of amidine groups is 1. The van der Waals surface area contributed by atoms with Gasteiger partial charge in [-0.3, -0.25) is 0 Å². The van der Waals surface area contributed by atoms with Crippen LogP contribution in [0.15, 0.2) is 45.8 Å². The highest BCUT2D eigenvalue weighted by Crippen LogP contribution is 2.40. The molecule has 0 radical (unpaired) electrons. The van der Waals surface area contributed by atoms with Crippen molar-refractivity contribution < 1.29 is 4.42 Å². The summed E-state index contributed by atoms with van der Waals surface area (Å²) in [6, 6.07) is 8.37. The Hall–Kier alpha value is -3.07. The summed E-state index contributed by atoms with van der Waals surface area (Å²) in [5, 5.41) is 9.08. The molecule has 1 aromatic heterocycles. The van der Waals surface area contributed by atoms with Crippen LogP contribution in [-0.4, -0.2) is 22.3 Å². The number of hydrogen-bond donors (Lipinski definition) is 1. The molecule has 1 aromatic carbocycles. The largest absolute Gasteiger partial charge is 0.443 e. The van der Waals surface area contributed by atoms with Gasteiger partial charge in [0.1, 0.15) is 17.8 Å². The molecule has 0 amide bonds. The lowest BCUT2D eigenvalue weighted by atomic mass is 10.0. The van der Waals surface area contributed by atoms with Crippen molar-refractivity contribution in [3.05, 3.63) is 58.9 Å². The second kappa shape index (κ2) is 5.53. The summed E-state index contributed by atoms with van der Waals surface area (Å²) in [6.45, 7) is 2.61. The van der Waals surface area contributed by atoms with E-state index in [9.17, 15) is 0 Å². The van der Waals surface area contributed by atoms with Gasteiger partial charge in [-0.25, -0.2) is 9.98 Å². The van der Waals surface area contributed by atoms with E-state index in [2.05, 4.69) is 27.0 Å². The highest BCUT2D eigenvalue weighted by atomic mass is 16.3. The number of nitrogens with two attached hydrogens (primary N) is 1. The normalized spacial score (nSPS) is 19.9. The molecule has 1 aliphatic carbocycles. The van der Waals surface area contributed by atoms with Gasteiger partial charge < -0.3 is 15.1 Å². The van der Waals surface area contributed by atoms with E-state index in [1.165, 1.54) is 17.4 Å². The maximum absolute atomic E-state index is 9.08. The van der Waals surface area contributed by atoms with E-state index in [1.54, 1.807) is 6.20 Å². The zero-order valence-corrected chi connectivity index (χ0v) is 13.4. The number of nitrogens with zero attached hydrogens (tertiary/aromatic N) is 4. The second-order valence-corrected chi connectivity index (χ2v) is 6.08. The molecule has 120 valence electrons. The van der Waals surface area contributed by atoms with Crippen molar-refractivity contribution in [3.63, 3.8) is 0 Å². The standard InChI is InChI=1S/C18H17N5O/c1-11-17(18-21-6-7-24-18)22-16(20)10-23(11)15-5-3-13-8-12(9-19)2-4-14(13)15/h2,4,6-8,15H,3,5,10H2,1H3,(H2,20,22). The SMILES string of the molecule is CC1=C(c2ncco2)N=C(N)CN1C1CCc2cc(C#N)ccc21. The zero-order valence-electron chi connectivity index (χ0n) is 13.4. The molecule has 1 aliphatic heterocycles. The van der Waals surface area contributed by atoms with Gasteiger partial charge in [-0.1, -0.05) is 6.07 Å². The lowest BCUT2D eigenvalue weighted by Crippen LogP contribution is -2.38. The fourth-order valence-corrected chi connectivity index (χ4v) is 3.56. The van der Waals surface area contributed by atoms with Crippen molar-refractivity contribution in [1.29, 1.82) is 5.26 Å². The van der Waals surface area contributed by atoms with E-state index in [0.717, 1.165) is 18.5 Å². The van der Waals surface area contributed by atoms with Crippen LogP contribution in [-0.2, 0) is 6.42 Å². The van der Waals surface area contributed by atoms with Gasteiger partial charge in [0.15, 0.2) is 0 Å². The lowest BCUT2D eigenvalue weighted by molar-refractivity contribution is 0.284. The number of fused-ring (bicyclic) bond motifs is 1. The fraction of sp³-hybridized carbons (Fsp3) is 0.278. The van der Waals surface area contributed by atoms with Crippen molar-refractivity contribution >= 4 is 11.5 Å². The Labute approximate surface area is 139 Å². The molecule has 2 N–H and O–H groups in total. The zero-order chi connectivity index (χ0) is 16.7. The molecule has 1 unspecified atom stereocenters. The molecule has 6 nitrogen and oxygen atoms in total. The first-order valence-corrected chi connectivity index (χ1v) is 7.90. The molecule has 1 atom stereocenters. The third-order valence-corrected chi connectivity index (χ3v) is 4.69. The predicted molar refractivity (Wildman–Crippen MR) is 89.6 cm³/mol. The van der Waals surface area contributed by atoms with Gasteiger partial charge in [-0.15, -0.1) is 0 Å². The molecule has 2 aliphatic rings. The Balaban J connectivity index is 1.74. The quantitative estimate of drug-likeness (QED) is 0.918. The minimum absolute atomic E-state index is 0.228. The smallest absolute Gasteiger partial charge is 0.246 e. The van der Waals surface area contributed by atoms with E-state index in [0.29, 0.717) is 29.5 Å². The van der Waals surface area contributed by atoms with Gasteiger partial charge in [-0.2, -0.15) is 5.26 Å². The summed E-state index contributed by atoms with van der Waals surface area (Å²) >= 11 is 0. The predicted octanol–water partition coefficient (Wildman–Crippen LogP) is 2.60. The Morgan fingerprint density at radius 1 is 1.42 bits per heavy atom. The van der Waals surface area contributed by atoms with E-state index in [4.69, 9.17) is 15.4 Å². The minimum atomic E-state index is 0.228. The number of hydrogen-bond acceptors (Lipinski definition) is 6. The average molecular weight is 319 g/mol. The van der Waals surface area contributed by atoms with Crippen molar-refractivity contribution in [2.24, 2.45) is 10.7 Å². The number of oxazole rings is 1. The molecule has 6 heteroatoms. The number of allylic oxidation sites excluding steroid dienone is 1. The summed E-state index contributed by atoms with van der Waals surface area (Å²) in [7, 11) is 0. The van der Waals surface area contributed by atoms with Crippen LogP contribution >= 0.6 is 0 Å². The Morgan fingerprint density at radius 2 is 2.29 bits per heavy atom. The highest BCUT2D eigenvalue weighted by molar-refractivity contribution is 5.90. The Bertz CT molecular complexity index is 889. The van der Waals surface area contributed by atoms with Gasteiger partial charge in [-0.05, 0) is 43.0 Å². The van der Waals surface area contributed by atoms with Crippen LogP contribution in [0.5, 0.6) is 0 Å². The number of nitriles is 1. The van der Waals surface area contributed by atoms with Crippen LogP contribution < -0.4 is 5.73 Å². The first kappa shape index (κ1) is 14.5. The molecule has 24 heavy (non-hydrogen) atoms. The number of benzene rings is 1. The molecular weight excluding hydrogens is 302 g/mol. The summed E-state index contributed by atoms with van der Waals surface area (Å²) < 4.78 is 5.41. The van der Waals surface area contributed by atoms with Crippen LogP contribution in [0.4, 0.5) is 0 Å². The summed E-state index contributed by atoms with van der Waals surface area (Å²) in [4.78, 5) is 10.9. The van der Waals surface area contributed by atoms with E-state index >= 15 is 0 Å². The van der Waals surface area contributed by atoms with E-state index in [-0.39, 0.29) is 6.04 Å². The molecule has 0 bridgehead atoms. The van der Waals surface area contributed by atoms with Gasteiger partial charge >= 0.3 is 0 Å². The minimum Gasteiger partial charge on any atom is -0.443 e. The van der Waals surface area contributed by atoms with Crippen LogP contribution in [0.25, 0.3) is 5.70 Å².